The summed E-state index contributed by atoms with van der Waals surface area (Å²) in [6, 6.07) is 12.2. The third kappa shape index (κ3) is 7.54. The van der Waals surface area contributed by atoms with Crippen molar-refractivity contribution < 1.29 is 23.1 Å². The molecule has 2 aromatic rings. The van der Waals surface area contributed by atoms with Crippen LogP contribution >= 0.6 is 0 Å². The molecule has 2 amide bonds. The van der Waals surface area contributed by atoms with Gasteiger partial charge in [0.2, 0.25) is 5.91 Å². The summed E-state index contributed by atoms with van der Waals surface area (Å²) in [5.41, 5.74) is 1.65. The number of nitriles is 1. The molecule has 0 bridgehead atoms. The Balaban J connectivity index is 1.30. The minimum absolute atomic E-state index is 0.00769. The number of nitrogens with one attached hydrogen (secondary N) is 2. The predicted molar refractivity (Wildman–Crippen MR) is 177 cm³/mol. The van der Waals surface area contributed by atoms with Crippen molar-refractivity contribution in [1.29, 1.82) is 5.26 Å². The van der Waals surface area contributed by atoms with Gasteiger partial charge in [-0.3, -0.25) is 4.79 Å². The lowest BCUT2D eigenvalue weighted by Crippen LogP contribution is -2.58. The highest BCUT2D eigenvalue weighted by Crippen LogP contribution is 2.50. The van der Waals surface area contributed by atoms with Crippen LogP contribution in [0.15, 0.2) is 36.4 Å². The van der Waals surface area contributed by atoms with E-state index >= 15 is 4.39 Å². The molecule has 2 saturated heterocycles. The number of carbonyl (C=O) groups is 2. The number of anilines is 1. The smallest absolute Gasteiger partial charge is 0.407 e. The lowest BCUT2D eigenvalue weighted by molar-refractivity contribution is -0.119. The first-order valence-electron chi connectivity index (χ1n) is 16.7. The van der Waals surface area contributed by atoms with Crippen LogP contribution in [0.4, 0.5) is 19.3 Å². The van der Waals surface area contributed by atoms with Crippen LogP contribution in [-0.4, -0.2) is 88.3 Å². The molecular formula is C36H48F2N6O3. The number of benzene rings is 2. The molecule has 11 heteroatoms. The van der Waals surface area contributed by atoms with Gasteiger partial charge >= 0.3 is 6.09 Å². The molecule has 2 aliphatic heterocycles. The lowest BCUT2D eigenvalue weighted by Gasteiger charge is -2.51. The SMILES string of the molecule is COC(=O)N[C@H]1CCC[C@@H]1[C@](CNC(C)=O)(c1cccc(F)c1)C1CCN(CC2CN(c3ccc(C#N)c(CN(C)C)c3F)C2)CC1. The quantitative estimate of drug-likeness (QED) is 0.366. The van der Waals surface area contributed by atoms with E-state index in [1.807, 2.05) is 25.1 Å². The highest BCUT2D eigenvalue weighted by molar-refractivity contribution is 5.73. The number of alkyl carbamates (subject to hydrolysis) is 1. The molecule has 2 aromatic carbocycles. The number of nitrogens with zero attached hydrogens (tertiary/aromatic N) is 4. The van der Waals surface area contributed by atoms with E-state index in [2.05, 4.69) is 26.5 Å². The van der Waals surface area contributed by atoms with E-state index in [0.29, 0.717) is 35.8 Å². The number of halogens is 2. The van der Waals surface area contributed by atoms with Crippen molar-refractivity contribution in [2.45, 2.75) is 57.0 Å². The third-order valence-electron chi connectivity index (χ3n) is 10.6. The Hall–Kier alpha value is -3.75. The summed E-state index contributed by atoms with van der Waals surface area (Å²) in [5, 5.41) is 15.6. The predicted octanol–water partition coefficient (Wildman–Crippen LogP) is 4.65. The summed E-state index contributed by atoms with van der Waals surface area (Å²) < 4.78 is 35.3. The average Bonchev–Trinajstić information content (AvgIpc) is 3.49. The molecule has 254 valence electrons. The Bertz CT molecular complexity index is 1470. The van der Waals surface area contributed by atoms with Crippen LogP contribution < -0.4 is 15.5 Å². The van der Waals surface area contributed by atoms with Crippen LogP contribution in [0.2, 0.25) is 0 Å². The zero-order valence-electron chi connectivity index (χ0n) is 28.0. The number of rotatable bonds is 11. The Morgan fingerprint density at radius 3 is 2.49 bits per heavy atom. The molecule has 0 unspecified atom stereocenters. The number of likely N-dealkylation sites (tertiary alicyclic amines) is 1. The highest BCUT2D eigenvalue weighted by atomic mass is 19.1. The van der Waals surface area contributed by atoms with Gasteiger partial charge in [0.05, 0.1) is 24.4 Å². The largest absolute Gasteiger partial charge is 0.453 e. The fourth-order valence-corrected chi connectivity index (χ4v) is 8.44. The molecule has 2 N–H and O–H groups in total. The van der Waals surface area contributed by atoms with E-state index in [4.69, 9.17) is 4.74 Å². The van der Waals surface area contributed by atoms with Crippen LogP contribution in [0.3, 0.4) is 0 Å². The Kier molecular flexibility index (Phi) is 11.0. The number of hydrogen-bond donors (Lipinski definition) is 2. The summed E-state index contributed by atoms with van der Waals surface area (Å²) in [6.45, 7) is 6.37. The van der Waals surface area contributed by atoms with Crippen LogP contribution in [0.1, 0.15) is 55.7 Å². The zero-order chi connectivity index (χ0) is 33.7. The Morgan fingerprint density at radius 1 is 1.11 bits per heavy atom. The van der Waals surface area contributed by atoms with Crippen molar-refractivity contribution >= 4 is 17.7 Å². The van der Waals surface area contributed by atoms with E-state index in [9.17, 15) is 19.2 Å². The molecule has 2 heterocycles. The molecule has 5 rings (SSSR count). The van der Waals surface area contributed by atoms with E-state index in [1.54, 1.807) is 24.3 Å². The molecule has 3 aliphatic rings. The highest BCUT2D eigenvalue weighted by Gasteiger charge is 2.52. The van der Waals surface area contributed by atoms with Crippen LogP contribution in [0.5, 0.6) is 0 Å². The van der Waals surface area contributed by atoms with E-state index < -0.39 is 11.5 Å². The molecule has 3 fully saturated rings. The molecule has 0 radical (unpaired) electrons. The normalized spacial score (nSPS) is 22.0. The van der Waals surface area contributed by atoms with Crippen molar-refractivity contribution in [2.75, 3.05) is 65.4 Å². The molecule has 3 atom stereocenters. The first-order valence-corrected chi connectivity index (χ1v) is 16.7. The minimum atomic E-state index is -0.577. The second-order valence-corrected chi connectivity index (χ2v) is 13.9. The van der Waals surface area contributed by atoms with Gasteiger partial charge in [-0.2, -0.15) is 5.26 Å². The molecule has 0 aromatic heterocycles. The summed E-state index contributed by atoms with van der Waals surface area (Å²) >= 11 is 0. The first-order chi connectivity index (χ1) is 22.5. The number of carbonyl (C=O) groups excluding carboxylic acids is 2. The van der Waals surface area contributed by atoms with Crippen LogP contribution in [0.25, 0.3) is 0 Å². The fraction of sp³-hybridized carbons (Fsp3) is 0.583. The molecule has 9 nitrogen and oxygen atoms in total. The van der Waals surface area contributed by atoms with Crippen molar-refractivity contribution in [3.05, 3.63) is 64.7 Å². The van der Waals surface area contributed by atoms with Gasteiger partial charge in [0, 0.05) is 62.6 Å². The maximum absolute atomic E-state index is 15.5. The van der Waals surface area contributed by atoms with Gasteiger partial charge in [-0.05, 0) is 94.5 Å². The van der Waals surface area contributed by atoms with E-state index in [0.717, 1.165) is 70.4 Å². The molecule has 0 spiro atoms. The maximum Gasteiger partial charge on any atom is 0.407 e. The number of ether oxygens (including phenoxy) is 1. The number of piperidine rings is 1. The Morgan fingerprint density at radius 2 is 1.85 bits per heavy atom. The zero-order valence-corrected chi connectivity index (χ0v) is 28.0. The van der Waals surface area contributed by atoms with Gasteiger partial charge in [0.25, 0.3) is 0 Å². The molecular weight excluding hydrogens is 602 g/mol. The molecule has 1 saturated carbocycles. The number of hydrogen-bond acceptors (Lipinski definition) is 7. The number of methoxy groups -OCH3 is 1. The van der Waals surface area contributed by atoms with Crippen molar-refractivity contribution in [2.24, 2.45) is 17.8 Å². The molecule has 47 heavy (non-hydrogen) atoms. The van der Waals surface area contributed by atoms with E-state index in [-0.39, 0.29) is 35.4 Å². The Labute approximate surface area is 277 Å². The van der Waals surface area contributed by atoms with Gasteiger partial charge < -0.3 is 30.1 Å². The second kappa shape index (κ2) is 15.0. The standard InChI is InChI=1S/C36H48F2N6O3/c1-24(45)40-23-36(28-7-5-8-29(37)17-28,31-9-6-10-32(31)41-35(46)47-4)27-13-15-43(16-14-27)19-25-20-44(21-25)33-12-11-26(18-39)30(34(33)38)22-42(2)3/h5,7-8,11-12,17,25,27,31-32H,6,9-10,13-16,19-23H2,1-4H3,(H,40,45)(H,41,46)/t31-,32-,36-/m0/s1. The van der Waals surface area contributed by atoms with Crippen LogP contribution in [-0.2, 0) is 21.5 Å². The summed E-state index contributed by atoms with van der Waals surface area (Å²) in [4.78, 5) is 31.1. The van der Waals surface area contributed by atoms with Gasteiger partial charge in [-0.15, -0.1) is 0 Å². The maximum atomic E-state index is 15.5. The van der Waals surface area contributed by atoms with Gasteiger partial charge in [0.15, 0.2) is 5.82 Å². The average molecular weight is 651 g/mol. The summed E-state index contributed by atoms with van der Waals surface area (Å²) in [5.74, 6) is -0.221. The van der Waals surface area contributed by atoms with Crippen molar-refractivity contribution in [3.63, 3.8) is 0 Å². The monoisotopic (exact) mass is 650 g/mol. The third-order valence-corrected chi connectivity index (χ3v) is 10.6. The van der Waals surface area contributed by atoms with Gasteiger partial charge in [-0.25, -0.2) is 13.6 Å². The van der Waals surface area contributed by atoms with Crippen LogP contribution in [0, 0.1) is 40.7 Å². The van der Waals surface area contributed by atoms with Crippen molar-refractivity contribution in [3.8, 4) is 6.07 Å². The second-order valence-electron chi connectivity index (χ2n) is 13.9. The summed E-state index contributed by atoms with van der Waals surface area (Å²) in [7, 11) is 5.09. The summed E-state index contributed by atoms with van der Waals surface area (Å²) in [6.07, 6.45) is 3.83. The lowest BCUT2D eigenvalue weighted by atomic mass is 9.58. The first kappa shape index (κ1) is 34.6. The van der Waals surface area contributed by atoms with Crippen molar-refractivity contribution in [1.82, 2.24) is 20.4 Å². The van der Waals surface area contributed by atoms with Gasteiger partial charge in [-0.1, -0.05) is 18.6 Å². The minimum Gasteiger partial charge on any atom is -0.453 e. The van der Waals surface area contributed by atoms with Gasteiger partial charge in [0.1, 0.15) is 5.82 Å². The topological polar surface area (TPSA) is 101 Å². The van der Waals surface area contributed by atoms with E-state index in [1.165, 1.54) is 20.1 Å². The molecule has 1 aliphatic carbocycles. The number of amides is 2. The fourth-order valence-electron chi connectivity index (χ4n) is 8.44.